The minimum Gasteiger partial charge on any atom is -0.323 e. The monoisotopic (exact) mass is 303 g/mol. The molecule has 0 aliphatic carbocycles. The molecule has 0 saturated carbocycles. The molecule has 1 atom stereocenters. The zero-order valence-electron chi connectivity index (χ0n) is 10.5. The first kappa shape index (κ1) is 14.8. The van der Waals surface area contributed by atoms with Gasteiger partial charge in [-0.2, -0.15) is 13.2 Å². The van der Waals surface area contributed by atoms with E-state index >= 15 is 0 Å². The van der Waals surface area contributed by atoms with E-state index in [1.54, 1.807) is 13.1 Å². The highest BCUT2D eigenvalue weighted by atomic mass is 32.2. The number of nitrogens with zero attached hydrogens (tertiary/aromatic N) is 4. The van der Waals surface area contributed by atoms with Crippen molar-refractivity contribution in [1.29, 1.82) is 0 Å². The minimum atomic E-state index is -4.36. The van der Waals surface area contributed by atoms with Gasteiger partial charge in [0.1, 0.15) is 0 Å². The van der Waals surface area contributed by atoms with Crippen molar-refractivity contribution < 1.29 is 13.2 Å². The lowest BCUT2D eigenvalue weighted by molar-refractivity contribution is -0.137. The van der Waals surface area contributed by atoms with Crippen molar-refractivity contribution in [2.24, 2.45) is 12.8 Å². The van der Waals surface area contributed by atoms with E-state index in [4.69, 9.17) is 5.73 Å². The molecule has 2 aromatic rings. The molecule has 0 spiro atoms. The summed E-state index contributed by atoms with van der Waals surface area (Å²) in [5, 5.41) is 11.5. The number of aryl methyl sites for hydroxylation is 1. The Labute approximate surface area is 117 Å². The van der Waals surface area contributed by atoms with Crippen molar-refractivity contribution in [2.45, 2.75) is 17.4 Å². The van der Waals surface area contributed by atoms with E-state index in [1.165, 1.54) is 22.5 Å². The van der Waals surface area contributed by atoms with E-state index in [2.05, 4.69) is 15.5 Å². The molecule has 20 heavy (non-hydrogen) atoms. The average molecular weight is 303 g/mol. The highest BCUT2D eigenvalue weighted by Crippen LogP contribution is 2.31. The molecule has 0 bridgehead atoms. The lowest BCUT2D eigenvalue weighted by Gasteiger charge is -2.13. The molecule has 5 nitrogen and oxygen atoms in total. The maximum atomic E-state index is 12.6. The van der Waals surface area contributed by atoms with Crippen LogP contribution in [0.25, 0.3) is 0 Å². The molecule has 0 fully saturated rings. The van der Waals surface area contributed by atoms with Crippen LogP contribution in [-0.2, 0) is 13.2 Å². The molecule has 108 valence electrons. The summed E-state index contributed by atoms with van der Waals surface area (Å²) in [6.45, 7) is 0. The number of thioether (sulfide) groups is 1. The molecular formula is C11H12F3N5S. The molecule has 1 aromatic carbocycles. The summed E-state index contributed by atoms with van der Waals surface area (Å²) < 4.78 is 39.3. The number of benzene rings is 1. The fraction of sp³-hybridized carbons (Fsp3) is 0.364. The number of hydrogen-bond acceptors (Lipinski definition) is 5. The van der Waals surface area contributed by atoms with Crippen LogP contribution >= 0.6 is 11.8 Å². The van der Waals surface area contributed by atoms with Crippen LogP contribution in [0.1, 0.15) is 17.2 Å². The zero-order chi connectivity index (χ0) is 14.8. The van der Waals surface area contributed by atoms with Gasteiger partial charge in [0.25, 0.3) is 0 Å². The number of tetrazole rings is 1. The molecule has 2 rings (SSSR count). The molecular weight excluding hydrogens is 291 g/mol. The number of nitrogens with two attached hydrogens (primary N) is 1. The molecule has 0 radical (unpaired) electrons. The van der Waals surface area contributed by atoms with Crippen molar-refractivity contribution in [1.82, 2.24) is 20.2 Å². The van der Waals surface area contributed by atoms with Gasteiger partial charge in [-0.25, -0.2) is 4.68 Å². The summed E-state index contributed by atoms with van der Waals surface area (Å²) in [4.78, 5) is 0. The minimum absolute atomic E-state index is 0.384. The highest BCUT2D eigenvalue weighted by Gasteiger charge is 2.30. The summed E-state index contributed by atoms with van der Waals surface area (Å²) >= 11 is 1.29. The van der Waals surface area contributed by atoms with Crippen molar-refractivity contribution in [2.75, 3.05) is 5.75 Å². The zero-order valence-corrected chi connectivity index (χ0v) is 11.3. The van der Waals surface area contributed by atoms with Gasteiger partial charge in [-0.05, 0) is 28.1 Å². The third-order valence-electron chi connectivity index (χ3n) is 2.62. The van der Waals surface area contributed by atoms with Gasteiger partial charge in [0.2, 0.25) is 5.16 Å². The Morgan fingerprint density at radius 2 is 2.15 bits per heavy atom. The van der Waals surface area contributed by atoms with Crippen LogP contribution in [-0.4, -0.2) is 26.0 Å². The first-order valence-electron chi connectivity index (χ1n) is 5.66. The van der Waals surface area contributed by atoms with Gasteiger partial charge in [-0.15, -0.1) is 5.10 Å². The molecule has 0 aliphatic rings. The van der Waals surface area contributed by atoms with E-state index in [1.807, 2.05) is 0 Å². The Morgan fingerprint density at radius 1 is 1.40 bits per heavy atom. The Bertz CT molecular complexity index is 583. The second kappa shape index (κ2) is 5.80. The fourth-order valence-corrected chi connectivity index (χ4v) is 2.39. The van der Waals surface area contributed by atoms with Gasteiger partial charge in [0, 0.05) is 18.8 Å². The Balaban J connectivity index is 2.06. The molecule has 0 aliphatic heterocycles. The topological polar surface area (TPSA) is 69.6 Å². The lowest BCUT2D eigenvalue weighted by Crippen LogP contribution is -2.15. The van der Waals surface area contributed by atoms with Crippen LogP contribution in [0.2, 0.25) is 0 Å². The standard InChI is InChI=1S/C11H12F3N5S/c1-19-10(16-17-18-19)20-6-9(15)7-3-2-4-8(5-7)11(12,13)14/h2-5,9H,6,15H2,1H3. The van der Waals surface area contributed by atoms with E-state index in [0.29, 0.717) is 16.5 Å². The number of halogens is 3. The number of hydrogen-bond donors (Lipinski definition) is 1. The number of alkyl halides is 3. The van der Waals surface area contributed by atoms with Crippen LogP contribution in [0, 0.1) is 0 Å². The van der Waals surface area contributed by atoms with Crippen molar-refractivity contribution in [3.05, 3.63) is 35.4 Å². The van der Waals surface area contributed by atoms with Crippen LogP contribution in [0.3, 0.4) is 0 Å². The predicted octanol–water partition coefficient (Wildman–Crippen LogP) is 2.02. The third-order valence-corrected chi connectivity index (χ3v) is 3.75. The SMILES string of the molecule is Cn1nnnc1SCC(N)c1cccc(C(F)(F)F)c1. The normalized spacial score (nSPS) is 13.4. The maximum absolute atomic E-state index is 12.6. The summed E-state index contributed by atoms with van der Waals surface area (Å²) in [6.07, 6.45) is -4.36. The third kappa shape index (κ3) is 3.48. The molecule has 1 heterocycles. The van der Waals surface area contributed by atoms with Gasteiger partial charge in [-0.3, -0.25) is 0 Å². The van der Waals surface area contributed by atoms with Gasteiger partial charge < -0.3 is 5.73 Å². The number of aromatic nitrogens is 4. The quantitative estimate of drug-likeness (QED) is 0.875. The van der Waals surface area contributed by atoms with E-state index < -0.39 is 17.8 Å². The maximum Gasteiger partial charge on any atom is 0.416 e. The summed E-state index contributed by atoms with van der Waals surface area (Å²) in [6, 6.07) is 4.50. The summed E-state index contributed by atoms with van der Waals surface area (Å²) in [5.41, 5.74) is 5.64. The molecule has 9 heteroatoms. The number of rotatable bonds is 4. The summed E-state index contributed by atoms with van der Waals surface area (Å²) in [7, 11) is 1.68. The molecule has 1 aromatic heterocycles. The molecule has 0 amide bonds. The smallest absolute Gasteiger partial charge is 0.323 e. The molecule has 1 unspecified atom stereocenters. The van der Waals surface area contributed by atoms with Gasteiger partial charge in [0.05, 0.1) is 5.56 Å². The van der Waals surface area contributed by atoms with E-state index in [0.717, 1.165) is 12.1 Å². The second-order valence-electron chi connectivity index (χ2n) is 4.13. The average Bonchev–Trinajstić information content (AvgIpc) is 2.81. The van der Waals surface area contributed by atoms with Gasteiger partial charge >= 0.3 is 6.18 Å². The summed E-state index contributed by atoms with van der Waals surface area (Å²) in [5.74, 6) is 0.384. The second-order valence-corrected chi connectivity index (χ2v) is 5.11. The fourth-order valence-electron chi connectivity index (χ4n) is 1.55. The van der Waals surface area contributed by atoms with Crippen LogP contribution in [0.4, 0.5) is 13.2 Å². The molecule has 0 saturated heterocycles. The Kier molecular flexibility index (Phi) is 4.29. The predicted molar refractivity (Wildman–Crippen MR) is 67.9 cm³/mol. The van der Waals surface area contributed by atoms with Gasteiger partial charge in [-0.1, -0.05) is 23.9 Å². The highest BCUT2D eigenvalue weighted by molar-refractivity contribution is 7.99. The van der Waals surface area contributed by atoms with Crippen LogP contribution in [0.15, 0.2) is 29.4 Å². The first-order chi connectivity index (χ1) is 9.38. The van der Waals surface area contributed by atoms with Crippen LogP contribution in [0.5, 0.6) is 0 Å². The van der Waals surface area contributed by atoms with Gasteiger partial charge in [0.15, 0.2) is 0 Å². The van der Waals surface area contributed by atoms with Crippen molar-refractivity contribution >= 4 is 11.8 Å². The van der Waals surface area contributed by atoms with Crippen molar-refractivity contribution in [3.8, 4) is 0 Å². The molecule has 2 N–H and O–H groups in total. The van der Waals surface area contributed by atoms with E-state index in [-0.39, 0.29) is 0 Å². The Morgan fingerprint density at radius 3 is 2.75 bits per heavy atom. The van der Waals surface area contributed by atoms with Crippen molar-refractivity contribution in [3.63, 3.8) is 0 Å². The largest absolute Gasteiger partial charge is 0.416 e. The Hall–Kier alpha value is -1.61. The van der Waals surface area contributed by atoms with Crippen LogP contribution < -0.4 is 5.73 Å². The van der Waals surface area contributed by atoms with E-state index in [9.17, 15) is 13.2 Å². The lowest BCUT2D eigenvalue weighted by atomic mass is 10.1. The first-order valence-corrected chi connectivity index (χ1v) is 6.64.